The maximum atomic E-state index is 12.8. The summed E-state index contributed by atoms with van der Waals surface area (Å²) < 4.78 is 33.4. The van der Waals surface area contributed by atoms with Gasteiger partial charge in [0.15, 0.2) is 0 Å². The van der Waals surface area contributed by atoms with Crippen molar-refractivity contribution < 1.29 is 17.9 Å². The standard InChI is InChI=1S/C22H25ClN2O4S/c1-15-4-9-19(13-20(15)23)30(27,28)25-17-7-5-16(6-8-17)22(10-11-22)21(26)24-14-18-3-2-12-29-18/h4-9,13,18,25H,2-3,10-12,14H2,1H3,(H,24,26)/t18-/m1/s1. The predicted octanol–water partition coefficient (Wildman–Crippen LogP) is 3.78. The van der Waals surface area contributed by atoms with Gasteiger partial charge in [-0.25, -0.2) is 8.42 Å². The molecule has 0 aromatic heterocycles. The van der Waals surface area contributed by atoms with E-state index < -0.39 is 15.4 Å². The maximum absolute atomic E-state index is 12.8. The highest BCUT2D eigenvalue weighted by atomic mass is 35.5. The van der Waals surface area contributed by atoms with Crippen LogP contribution >= 0.6 is 11.6 Å². The molecule has 0 bridgehead atoms. The number of nitrogens with one attached hydrogen (secondary N) is 2. The smallest absolute Gasteiger partial charge is 0.261 e. The SMILES string of the molecule is Cc1ccc(S(=O)(=O)Nc2ccc(C3(C(=O)NC[C@H]4CCCO4)CC3)cc2)cc1Cl. The number of anilines is 1. The normalized spacial score (nSPS) is 20.0. The Bertz CT molecular complexity index is 1040. The van der Waals surface area contributed by atoms with E-state index in [0.29, 0.717) is 17.3 Å². The number of carbonyl (C=O) groups excluding carboxylic acids is 1. The zero-order valence-corrected chi connectivity index (χ0v) is 18.4. The first kappa shape index (κ1) is 21.2. The zero-order chi connectivity index (χ0) is 21.4. The van der Waals surface area contributed by atoms with Crippen LogP contribution in [0.2, 0.25) is 5.02 Å². The summed E-state index contributed by atoms with van der Waals surface area (Å²) in [6, 6.07) is 11.6. The van der Waals surface area contributed by atoms with Gasteiger partial charge in [-0.05, 0) is 68.0 Å². The molecule has 1 heterocycles. The van der Waals surface area contributed by atoms with Crippen molar-refractivity contribution in [1.82, 2.24) is 5.32 Å². The van der Waals surface area contributed by atoms with Gasteiger partial charge >= 0.3 is 0 Å². The Labute approximate surface area is 182 Å². The van der Waals surface area contributed by atoms with Gasteiger partial charge in [-0.15, -0.1) is 0 Å². The van der Waals surface area contributed by atoms with Crippen LogP contribution in [-0.4, -0.2) is 33.6 Å². The van der Waals surface area contributed by atoms with Crippen LogP contribution in [0.4, 0.5) is 5.69 Å². The minimum absolute atomic E-state index is 0.0145. The molecule has 2 aromatic carbocycles. The van der Waals surface area contributed by atoms with Gasteiger partial charge in [-0.1, -0.05) is 29.8 Å². The number of hydrogen-bond acceptors (Lipinski definition) is 4. The second kappa shape index (κ2) is 8.21. The Morgan fingerprint density at radius 2 is 1.93 bits per heavy atom. The van der Waals surface area contributed by atoms with Crippen molar-refractivity contribution in [3.8, 4) is 0 Å². The topological polar surface area (TPSA) is 84.5 Å². The monoisotopic (exact) mass is 448 g/mol. The van der Waals surface area contributed by atoms with E-state index in [1.54, 1.807) is 18.2 Å². The first-order valence-corrected chi connectivity index (χ1v) is 12.0. The molecule has 160 valence electrons. The molecule has 1 atom stereocenters. The van der Waals surface area contributed by atoms with Gasteiger partial charge in [-0.3, -0.25) is 9.52 Å². The minimum Gasteiger partial charge on any atom is -0.376 e. The number of rotatable bonds is 7. The molecule has 0 unspecified atom stereocenters. The molecule has 6 nitrogen and oxygen atoms in total. The summed E-state index contributed by atoms with van der Waals surface area (Å²) in [6.45, 7) is 3.12. The predicted molar refractivity (Wildman–Crippen MR) is 116 cm³/mol. The van der Waals surface area contributed by atoms with Crippen LogP contribution in [0, 0.1) is 6.92 Å². The van der Waals surface area contributed by atoms with Gasteiger partial charge in [0.1, 0.15) is 0 Å². The summed E-state index contributed by atoms with van der Waals surface area (Å²) in [4.78, 5) is 12.9. The molecule has 1 aliphatic heterocycles. The molecule has 2 fully saturated rings. The summed E-state index contributed by atoms with van der Waals surface area (Å²) in [5.41, 5.74) is 1.63. The van der Waals surface area contributed by atoms with E-state index in [1.165, 1.54) is 12.1 Å². The van der Waals surface area contributed by atoms with Crippen molar-refractivity contribution in [3.63, 3.8) is 0 Å². The van der Waals surface area contributed by atoms with Crippen LogP contribution < -0.4 is 10.0 Å². The van der Waals surface area contributed by atoms with Crippen LogP contribution in [0.1, 0.15) is 36.8 Å². The van der Waals surface area contributed by atoms with E-state index in [9.17, 15) is 13.2 Å². The maximum Gasteiger partial charge on any atom is 0.261 e. The second-order valence-corrected chi connectivity index (χ2v) is 10.1. The number of aryl methyl sites for hydroxylation is 1. The first-order valence-electron chi connectivity index (χ1n) is 10.1. The minimum atomic E-state index is -3.75. The lowest BCUT2D eigenvalue weighted by atomic mass is 9.94. The van der Waals surface area contributed by atoms with E-state index in [2.05, 4.69) is 10.0 Å². The van der Waals surface area contributed by atoms with Crippen LogP contribution in [-0.2, 0) is 25.0 Å². The quantitative estimate of drug-likeness (QED) is 0.675. The van der Waals surface area contributed by atoms with E-state index in [1.807, 2.05) is 19.1 Å². The molecule has 30 heavy (non-hydrogen) atoms. The number of sulfonamides is 1. The lowest BCUT2D eigenvalue weighted by Gasteiger charge is -2.18. The van der Waals surface area contributed by atoms with Crippen LogP contribution in [0.15, 0.2) is 47.4 Å². The number of halogens is 1. The molecule has 2 aliphatic rings. The van der Waals surface area contributed by atoms with Crippen molar-refractivity contribution in [3.05, 3.63) is 58.6 Å². The molecule has 1 aliphatic carbocycles. The van der Waals surface area contributed by atoms with Gasteiger partial charge in [0, 0.05) is 23.9 Å². The Morgan fingerprint density at radius 3 is 2.53 bits per heavy atom. The van der Waals surface area contributed by atoms with Crippen LogP contribution in [0.3, 0.4) is 0 Å². The highest BCUT2D eigenvalue weighted by Gasteiger charge is 2.51. The first-order chi connectivity index (χ1) is 14.3. The van der Waals surface area contributed by atoms with Gasteiger partial charge in [0.25, 0.3) is 10.0 Å². The molecular weight excluding hydrogens is 424 g/mol. The van der Waals surface area contributed by atoms with Crippen molar-refractivity contribution in [2.45, 2.75) is 49.0 Å². The molecule has 2 aromatic rings. The Hall–Kier alpha value is -2.09. The number of amides is 1. The molecule has 1 saturated heterocycles. The third kappa shape index (κ3) is 4.33. The molecule has 8 heteroatoms. The second-order valence-electron chi connectivity index (χ2n) is 8.02. The van der Waals surface area contributed by atoms with E-state index in [-0.39, 0.29) is 16.9 Å². The van der Waals surface area contributed by atoms with Gasteiger partial charge < -0.3 is 10.1 Å². The van der Waals surface area contributed by atoms with Crippen molar-refractivity contribution >= 4 is 33.2 Å². The summed E-state index contributed by atoms with van der Waals surface area (Å²) in [5, 5.41) is 3.42. The summed E-state index contributed by atoms with van der Waals surface area (Å²) in [7, 11) is -3.75. The fraction of sp³-hybridized carbons (Fsp3) is 0.409. The van der Waals surface area contributed by atoms with Gasteiger partial charge in [-0.2, -0.15) is 0 Å². The molecule has 1 saturated carbocycles. The lowest BCUT2D eigenvalue weighted by molar-refractivity contribution is -0.124. The highest BCUT2D eigenvalue weighted by Crippen LogP contribution is 2.48. The summed E-state index contributed by atoms with van der Waals surface area (Å²) in [5.74, 6) is 0.0145. The number of benzene rings is 2. The number of hydrogen-bond donors (Lipinski definition) is 2. The van der Waals surface area contributed by atoms with E-state index in [4.69, 9.17) is 16.3 Å². The van der Waals surface area contributed by atoms with Gasteiger partial charge in [0.05, 0.1) is 16.4 Å². The summed E-state index contributed by atoms with van der Waals surface area (Å²) >= 11 is 6.06. The molecule has 4 rings (SSSR count). The Kier molecular flexibility index (Phi) is 5.79. The lowest BCUT2D eigenvalue weighted by Crippen LogP contribution is -2.39. The number of ether oxygens (including phenoxy) is 1. The van der Waals surface area contributed by atoms with Crippen LogP contribution in [0.5, 0.6) is 0 Å². The zero-order valence-electron chi connectivity index (χ0n) is 16.8. The van der Waals surface area contributed by atoms with E-state index in [0.717, 1.165) is 43.4 Å². The average Bonchev–Trinajstić information content (AvgIpc) is 3.36. The molecular formula is C22H25ClN2O4S. The highest BCUT2D eigenvalue weighted by molar-refractivity contribution is 7.92. The fourth-order valence-corrected chi connectivity index (χ4v) is 5.09. The summed E-state index contributed by atoms with van der Waals surface area (Å²) in [6.07, 6.45) is 3.71. The van der Waals surface area contributed by atoms with Gasteiger partial charge in [0.2, 0.25) is 5.91 Å². The Balaban J connectivity index is 1.43. The van der Waals surface area contributed by atoms with Crippen molar-refractivity contribution in [2.75, 3.05) is 17.9 Å². The molecule has 0 spiro atoms. The fourth-order valence-electron chi connectivity index (χ4n) is 3.77. The molecule has 2 N–H and O–H groups in total. The number of carbonyl (C=O) groups is 1. The van der Waals surface area contributed by atoms with Crippen LogP contribution in [0.25, 0.3) is 0 Å². The molecule has 1 amide bonds. The average molecular weight is 449 g/mol. The Morgan fingerprint density at radius 1 is 1.20 bits per heavy atom. The van der Waals surface area contributed by atoms with Crippen molar-refractivity contribution in [2.24, 2.45) is 0 Å². The molecule has 0 radical (unpaired) electrons. The largest absolute Gasteiger partial charge is 0.376 e. The third-order valence-corrected chi connectivity index (χ3v) is 7.63. The van der Waals surface area contributed by atoms with E-state index >= 15 is 0 Å². The van der Waals surface area contributed by atoms with Crippen molar-refractivity contribution in [1.29, 1.82) is 0 Å². The third-order valence-electron chi connectivity index (χ3n) is 5.84.